The van der Waals surface area contributed by atoms with Gasteiger partial charge in [-0.2, -0.15) is 0 Å². The SMILES string of the molecule is C=C1N(C(C)C)CCC12CN(C(C)C)C2. The molecule has 15 heavy (non-hydrogen) atoms. The number of hydrogen-bond donors (Lipinski definition) is 0. The zero-order chi connectivity index (χ0) is 11.2. The van der Waals surface area contributed by atoms with Crippen molar-refractivity contribution in [1.82, 2.24) is 9.80 Å². The fourth-order valence-corrected chi connectivity index (χ4v) is 2.93. The smallest absolute Gasteiger partial charge is 0.0368 e. The third-order valence-corrected chi connectivity index (χ3v) is 4.16. The molecule has 0 saturated carbocycles. The van der Waals surface area contributed by atoms with Crippen LogP contribution in [-0.2, 0) is 0 Å². The topological polar surface area (TPSA) is 6.48 Å². The largest absolute Gasteiger partial charge is 0.372 e. The van der Waals surface area contributed by atoms with Gasteiger partial charge in [0.25, 0.3) is 0 Å². The fourth-order valence-electron chi connectivity index (χ4n) is 2.93. The standard InChI is InChI=1S/C13H24N2/c1-10(2)14-8-13(9-14)6-7-15(11(3)4)12(13)5/h10-11H,5-9H2,1-4H3. The summed E-state index contributed by atoms with van der Waals surface area (Å²) in [6, 6.07) is 1.31. The maximum atomic E-state index is 4.33. The summed E-state index contributed by atoms with van der Waals surface area (Å²) in [5, 5.41) is 0. The van der Waals surface area contributed by atoms with Gasteiger partial charge in [-0.3, -0.25) is 4.90 Å². The molecule has 2 fully saturated rings. The van der Waals surface area contributed by atoms with Crippen LogP contribution in [0.1, 0.15) is 34.1 Å². The maximum Gasteiger partial charge on any atom is 0.0368 e. The monoisotopic (exact) mass is 208 g/mol. The predicted octanol–water partition coefficient (Wildman–Crippen LogP) is 2.32. The predicted molar refractivity (Wildman–Crippen MR) is 64.7 cm³/mol. The van der Waals surface area contributed by atoms with Crippen molar-refractivity contribution in [2.24, 2.45) is 5.41 Å². The van der Waals surface area contributed by atoms with Gasteiger partial charge in [-0.05, 0) is 34.1 Å². The zero-order valence-corrected chi connectivity index (χ0v) is 10.6. The molecule has 0 atom stereocenters. The van der Waals surface area contributed by atoms with Crippen LogP contribution in [0.3, 0.4) is 0 Å². The number of nitrogens with zero attached hydrogens (tertiary/aromatic N) is 2. The molecule has 86 valence electrons. The summed E-state index contributed by atoms with van der Waals surface area (Å²) in [6.07, 6.45) is 1.31. The Kier molecular flexibility index (Phi) is 2.58. The molecule has 2 saturated heterocycles. The zero-order valence-electron chi connectivity index (χ0n) is 10.6. The second-order valence-electron chi connectivity index (χ2n) is 5.76. The van der Waals surface area contributed by atoms with E-state index in [1.54, 1.807) is 0 Å². The van der Waals surface area contributed by atoms with Crippen LogP contribution >= 0.6 is 0 Å². The minimum Gasteiger partial charge on any atom is -0.372 e. The van der Waals surface area contributed by atoms with E-state index in [-0.39, 0.29) is 0 Å². The van der Waals surface area contributed by atoms with Gasteiger partial charge in [-0.15, -0.1) is 0 Å². The molecule has 0 aromatic heterocycles. The first-order valence-corrected chi connectivity index (χ1v) is 6.16. The van der Waals surface area contributed by atoms with Crippen molar-refractivity contribution in [3.63, 3.8) is 0 Å². The lowest BCUT2D eigenvalue weighted by molar-refractivity contribution is 0.00736. The van der Waals surface area contributed by atoms with Gasteiger partial charge in [0.05, 0.1) is 0 Å². The number of rotatable bonds is 2. The molecule has 2 aliphatic rings. The highest BCUT2D eigenvalue weighted by atomic mass is 15.3. The highest BCUT2D eigenvalue weighted by Gasteiger charge is 2.51. The highest BCUT2D eigenvalue weighted by Crippen LogP contribution is 2.47. The molecule has 2 heterocycles. The summed E-state index contributed by atoms with van der Waals surface area (Å²) >= 11 is 0. The van der Waals surface area contributed by atoms with Gasteiger partial charge in [-0.1, -0.05) is 6.58 Å². The number of hydrogen-bond acceptors (Lipinski definition) is 2. The first kappa shape index (κ1) is 11.0. The molecule has 2 aliphatic heterocycles. The summed E-state index contributed by atoms with van der Waals surface area (Å²) in [4.78, 5) is 5.03. The molecule has 0 aromatic rings. The van der Waals surface area contributed by atoms with Crippen molar-refractivity contribution in [3.05, 3.63) is 12.3 Å². The molecule has 0 bridgehead atoms. The Bertz CT molecular complexity index is 262. The van der Waals surface area contributed by atoms with Crippen molar-refractivity contribution >= 4 is 0 Å². The van der Waals surface area contributed by atoms with E-state index >= 15 is 0 Å². The van der Waals surface area contributed by atoms with Crippen molar-refractivity contribution in [2.45, 2.75) is 46.2 Å². The third-order valence-electron chi connectivity index (χ3n) is 4.16. The van der Waals surface area contributed by atoms with E-state index in [0.29, 0.717) is 17.5 Å². The van der Waals surface area contributed by atoms with Crippen LogP contribution in [-0.4, -0.2) is 41.5 Å². The van der Waals surface area contributed by atoms with Gasteiger partial charge in [0.2, 0.25) is 0 Å². The fraction of sp³-hybridized carbons (Fsp3) is 0.846. The molecule has 2 heteroatoms. The maximum absolute atomic E-state index is 4.33. The summed E-state index contributed by atoms with van der Waals surface area (Å²) in [5.41, 5.74) is 1.84. The van der Waals surface area contributed by atoms with Crippen molar-refractivity contribution < 1.29 is 0 Å². The molecule has 2 rings (SSSR count). The van der Waals surface area contributed by atoms with E-state index in [2.05, 4.69) is 44.1 Å². The lowest BCUT2D eigenvalue weighted by Gasteiger charge is -2.51. The van der Waals surface area contributed by atoms with E-state index in [9.17, 15) is 0 Å². The van der Waals surface area contributed by atoms with E-state index in [1.165, 1.54) is 31.8 Å². The average Bonchev–Trinajstić information content (AvgIpc) is 2.39. The van der Waals surface area contributed by atoms with E-state index in [1.807, 2.05) is 0 Å². The van der Waals surface area contributed by atoms with Gasteiger partial charge >= 0.3 is 0 Å². The Morgan fingerprint density at radius 1 is 1.13 bits per heavy atom. The third kappa shape index (κ3) is 1.59. The molecule has 0 aliphatic carbocycles. The minimum absolute atomic E-state index is 0.439. The van der Waals surface area contributed by atoms with Gasteiger partial charge in [0.15, 0.2) is 0 Å². The molecule has 0 unspecified atom stereocenters. The normalized spacial score (nSPS) is 25.7. The molecular formula is C13H24N2. The number of likely N-dealkylation sites (tertiary alicyclic amines) is 2. The Hall–Kier alpha value is -0.500. The van der Waals surface area contributed by atoms with Gasteiger partial charge in [-0.25, -0.2) is 0 Å². The van der Waals surface area contributed by atoms with Crippen molar-refractivity contribution in [1.29, 1.82) is 0 Å². The van der Waals surface area contributed by atoms with Gasteiger partial charge < -0.3 is 4.90 Å². The Labute approximate surface area is 93.9 Å². The van der Waals surface area contributed by atoms with Gasteiger partial charge in [0.1, 0.15) is 0 Å². The van der Waals surface area contributed by atoms with Crippen LogP contribution in [0.25, 0.3) is 0 Å². The quantitative estimate of drug-likeness (QED) is 0.687. The van der Waals surface area contributed by atoms with Crippen LogP contribution in [0.15, 0.2) is 12.3 Å². The van der Waals surface area contributed by atoms with Crippen molar-refractivity contribution in [2.75, 3.05) is 19.6 Å². The van der Waals surface area contributed by atoms with Crippen LogP contribution < -0.4 is 0 Å². The minimum atomic E-state index is 0.439. The lowest BCUT2D eigenvalue weighted by Crippen LogP contribution is -2.58. The van der Waals surface area contributed by atoms with E-state index in [4.69, 9.17) is 0 Å². The van der Waals surface area contributed by atoms with Crippen LogP contribution in [0.2, 0.25) is 0 Å². The molecule has 0 radical (unpaired) electrons. The highest BCUT2D eigenvalue weighted by molar-refractivity contribution is 5.22. The Morgan fingerprint density at radius 3 is 2.13 bits per heavy atom. The molecule has 0 amide bonds. The summed E-state index contributed by atoms with van der Waals surface area (Å²) in [6.45, 7) is 17.1. The second kappa shape index (κ2) is 3.51. The molecular weight excluding hydrogens is 184 g/mol. The van der Waals surface area contributed by atoms with Gasteiger partial charge in [0, 0.05) is 42.8 Å². The second-order valence-corrected chi connectivity index (χ2v) is 5.76. The lowest BCUT2D eigenvalue weighted by atomic mass is 9.76. The summed E-state index contributed by atoms with van der Waals surface area (Å²) in [7, 11) is 0. The van der Waals surface area contributed by atoms with Crippen LogP contribution in [0, 0.1) is 5.41 Å². The summed E-state index contributed by atoms with van der Waals surface area (Å²) in [5.74, 6) is 0. The average molecular weight is 208 g/mol. The molecule has 1 spiro atoms. The van der Waals surface area contributed by atoms with Crippen molar-refractivity contribution in [3.8, 4) is 0 Å². The van der Waals surface area contributed by atoms with Crippen LogP contribution in [0.4, 0.5) is 0 Å². The Morgan fingerprint density at radius 2 is 1.73 bits per heavy atom. The molecule has 0 N–H and O–H groups in total. The summed E-state index contributed by atoms with van der Waals surface area (Å²) < 4.78 is 0. The van der Waals surface area contributed by atoms with E-state index < -0.39 is 0 Å². The van der Waals surface area contributed by atoms with Crippen LogP contribution in [0.5, 0.6) is 0 Å². The Balaban J connectivity index is 2.00. The first-order valence-electron chi connectivity index (χ1n) is 6.16. The molecule has 0 aromatic carbocycles. The van der Waals surface area contributed by atoms with E-state index in [0.717, 1.165) is 0 Å². The molecule has 2 nitrogen and oxygen atoms in total. The first-order chi connectivity index (χ1) is 6.96.